The highest BCUT2D eigenvalue weighted by atomic mass is 16.4. The molecule has 0 spiro atoms. The number of carboxylic acid groups (broad SMARTS) is 1. The van der Waals surface area contributed by atoms with Gasteiger partial charge >= 0.3 is 12.0 Å². The Morgan fingerprint density at radius 3 is 2.94 bits per heavy atom. The number of nitrogens with zero attached hydrogens (tertiary/aromatic N) is 1. The van der Waals surface area contributed by atoms with Crippen molar-refractivity contribution >= 4 is 17.9 Å². The normalized spacial score (nSPS) is 24.2. The van der Waals surface area contributed by atoms with Crippen molar-refractivity contribution in [3.8, 4) is 0 Å². The van der Waals surface area contributed by atoms with E-state index in [1.807, 2.05) is 0 Å². The molecule has 3 amide bonds. The van der Waals surface area contributed by atoms with Gasteiger partial charge in [-0.15, -0.1) is 0 Å². The molecule has 1 unspecified atom stereocenters. The van der Waals surface area contributed by atoms with E-state index >= 15 is 0 Å². The molecule has 0 radical (unpaired) electrons. The quantitative estimate of drug-likeness (QED) is 0.571. The molecule has 1 fully saturated rings. The van der Waals surface area contributed by atoms with Crippen molar-refractivity contribution in [3.05, 3.63) is 23.8 Å². The molecule has 7 heteroatoms. The van der Waals surface area contributed by atoms with Gasteiger partial charge in [0.1, 0.15) is 6.04 Å². The maximum Gasteiger partial charge on any atom is 0.325 e. The van der Waals surface area contributed by atoms with Crippen LogP contribution in [0, 0.1) is 0 Å². The summed E-state index contributed by atoms with van der Waals surface area (Å²) in [4.78, 5) is 34.9. The molecule has 7 nitrogen and oxygen atoms in total. The van der Waals surface area contributed by atoms with Gasteiger partial charge < -0.3 is 15.7 Å². The lowest BCUT2D eigenvalue weighted by atomic mass is 10.1. The molecule has 0 saturated carbocycles. The molecule has 0 aromatic rings. The lowest BCUT2D eigenvalue weighted by molar-refractivity contribution is -0.138. The summed E-state index contributed by atoms with van der Waals surface area (Å²) in [5.41, 5.74) is 5.80. The lowest BCUT2D eigenvalue weighted by Crippen LogP contribution is -2.58. The zero-order chi connectivity index (χ0) is 12.6. The van der Waals surface area contributed by atoms with Gasteiger partial charge in [-0.2, -0.15) is 0 Å². The summed E-state index contributed by atoms with van der Waals surface area (Å²) in [5.74, 6) is -1.65. The number of amides is 3. The first kappa shape index (κ1) is 11.3. The summed E-state index contributed by atoms with van der Waals surface area (Å²) < 4.78 is 0. The molecule has 2 aliphatic rings. The highest BCUT2D eigenvalue weighted by Gasteiger charge is 2.38. The minimum Gasteiger partial charge on any atom is -0.480 e. The number of allylic oxidation sites excluding steroid dienone is 2. The summed E-state index contributed by atoms with van der Waals surface area (Å²) in [6.45, 7) is -0.152. The van der Waals surface area contributed by atoms with Crippen LogP contribution in [0.2, 0.25) is 0 Å². The molecule has 0 aromatic carbocycles. The van der Waals surface area contributed by atoms with E-state index < -0.39 is 30.0 Å². The van der Waals surface area contributed by atoms with Gasteiger partial charge in [-0.05, 0) is 0 Å². The molecule has 1 aliphatic carbocycles. The Morgan fingerprint density at radius 1 is 1.59 bits per heavy atom. The SMILES string of the molecule is N[C@@H](CN1C(=O)NC(=O)C2=CC=CC21)C(=O)O. The number of imide groups is 1. The van der Waals surface area contributed by atoms with Crippen molar-refractivity contribution in [2.75, 3.05) is 6.54 Å². The van der Waals surface area contributed by atoms with Gasteiger partial charge in [-0.25, -0.2) is 4.79 Å². The summed E-state index contributed by atoms with van der Waals surface area (Å²) in [5, 5.41) is 10.8. The van der Waals surface area contributed by atoms with Gasteiger partial charge in [0.25, 0.3) is 5.91 Å². The fourth-order valence-electron chi connectivity index (χ4n) is 1.80. The predicted octanol–water partition coefficient (Wildman–Crippen LogP) is -1.19. The van der Waals surface area contributed by atoms with Crippen LogP contribution in [0.15, 0.2) is 23.8 Å². The summed E-state index contributed by atoms with van der Waals surface area (Å²) in [6.07, 6.45) is 4.89. The minimum atomic E-state index is -1.19. The van der Waals surface area contributed by atoms with Gasteiger partial charge in [0.05, 0.1) is 6.04 Å². The first-order chi connectivity index (χ1) is 8.00. The van der Waals surface area contributed by atoms with Crippen LogP contribution in [0.1, 0.15) is 0 Å². The second-order valence-electron chi connectivity index (χ2n) is 3.81. The number of rotatable bonds is 3. The lowest BCUT2D eigenvalue weighted by Gasteiger charge is -2.34. The minimum absolute atomic E-state index is 0.152. The van der Waals surface area contributed by atoms with Gasteiger partial charge in [0, 0.05) is 12.1 Å². The van der Waals surface area contributed by atoms with E-state index in [0.29, 0.717) is 5.57 Å². The topological polar surface area (TPSA) is 113 Å². The van der Waals surface area contributed by atoms with Crippen LogP contribution in [-0.2, 0) is 9.59 Å². The second-order valence-corrected chi connectivity index (χ2v) is 3.81. The van der Waals surface area contributed by atoms with Gasteiger partial charge in [0.15, 0.2) is 0 Å². The predicted molar refractivity (Wildman–Crippen MR) is 56.9 cm³/mol. The van der Waals surface area contributed by atoms with Crippen molar-refractivity contribution in [2.24, 2.45) is 5.73 Å². The number of hydrogen-bond donors (Lipinski definition) is 3. The van der Waals surface area contributed by atoms with Crippen LogP contribution in [-0.4, -0.2) is 46.5 Å². The monoisotopic (exact) mass is 237 g/mol. The average Bonchev–Trinajstić information content (AvgIpc) is 2.72. The third kappa shape index (κ3) is 1.92. The summed E-state index contributed by atoms with van der Waals surface area (Å²) in [6, 6.07) is -2.31. The van der Waals surface area contributed by atoms with Crippen molar-refractivity contribution < 1.29 is 19.5 Å². The van der Waals surface area contributed by atoms with Crippen LogP contribution in [0.25, 0.3) is 0 Å². The number of urea groups is 1. The first-order valence-electron chi connectivity index (χ1n) is 4.99. The molecule has 90 valence electrons. The maximum atomic E-state index is 11.6. The van der Waals surface area contributed by atoms with Crippen molar-refractivity contribution in [3.63, 3.8) is 0 Å². The number of aliphatic carboxylic acids is 1. The van der Waals surface area contributed by atoms with E-state index in [9.17, 15) is 14.4 Å². The molecule has 0 bridgehead atoms. The van der Waals surface area contributed by atoms with Crippen molar-refractivity contribution in [1.82, 2.24) is 10.2 Å². The number of nitrogens with two attached hydrogens (primary N) is 1. The number of fused-ring (bicyclic) bond motifs is 1. The molecule has 1 saturated heterocycles. The smallest absolute Gasteiger partial charge is 0.325 e. The van der Waals surface area contributed by atoms with Crippen molar-refractivity contribution in [1.29, 1.82) is 0 Å². The molecule has 2 atom stereocenters. The summed E-state index contributed by atoms with van der Waals surface area (Å²) in [7, 11) is 0. The van der Waals surface area contributed by atoms with E-state index in [-0.39, 0.29) is 6.54 Å². The van der Waals surface area contributed by atoms with Crippen molar-refractivity contribution in [2.45, 2.75) is 12.1 Å². The second kappa shape index (κ2) is 4.02. The Labute approximate surface area is 96.6 Å². The largest absolute Gasteiger partial charge is 0.480 e. The maximum absolute atomic E-state index is 11.6. The van der Waals surface area contributed by atoms with Crippen LogP contribution in [0.3, 0.4) is 0 Å². The fraction of sp³-hybridized carbons (Fsp3) is 0.300. The Bertz CT molecular complexity index is 454. The molecule has 17 heavy (non-hydrogen) atoms. The van der Waals surface area contributed by atoms with E-state index in [1.54, 1.807) is 18.2 Å². The van der Waals surface area contributed by atoms with Crippen LogP contribution in [0.5, 0.6) is 0 Å². The molecule has 2 rings (SSSR count). The molecule has 1 heterocycles. The molecule has 4 N–H and O–H groups in total. The van der Waals surface area contributed by atoms with E-state index in [1.165, 1.54) is 4.90 Å². The zero-order valence-electron chi connectivity index (χ0n) is 8.79. The number of carbonyl (C=O) groups is 3. The van der Waals surface area contributed by atoms with Gasteiger partial charge in [0.2, 0.25) is 0 Å². The molecular formula is C10H11N3O4. The van der Waals surface area contributed by atoms with Gasteiger partial charge in [-0.3, -0.25) is 14.9 Å². The zero-order valence-corrected chi connectivity index (χ0v) is 8.79. The third-order valence-electron chi connectivity index (χ3n) is 2.68. The standard InChI is InChI=1S/C10H11N3O4/c11-6(9(15)16)4-13-7-3-1-2-5(7)8(14)12-10(13)17/h1-3,6-7H,4,11H2,(H,15,16)(H,12,14,17)/t6-,7?/m0/s1. The molecular weight excluding hydrogens is 226 g/mol. The van der Waals surface area contributed by atoms with Crippen LogP contribution < -0.4 is 11.1 Å². The summed E-state index contributed by atoms with van der Waals surface area (Å²) >= 11 is 0. The Hall–Kier alpha value is -2.15. The Kier molecular flexibility index (Phi) is 2.68. The molecule has 0 aromatic heterocycles. The molecule has 1 aliphatic heterocycles. The van der Waals surface area contributed by atoms with E-state index in [2.05, 4.69) is 5.32 Å². The number of carboxylic acids is 1. The van der Waals surface area contributed by atoms with E-state index in [0.717, 1.165) is 0 Å². The Morgan fingerprint density at radius 2 is 2.29 bits per heavy atom. The van der Waals surface area contributed by atoms with Crippen LogP contribution >= 0.6 is 0 Å². The fourth-order valence-corrected chi connectivity index (χ4v) is 1.80. The highest BCUT2D eigenvalue weighted by molar-refractivity contribution is 6.08. The first-order valence-corrected chi connectivity index (χ1v) is 4.99. The van der Waals surface area contributed by atoms with E-state index in [4.69, 9.17) is 10.8 Å². The van der Waals surface area contributed by atoms with Gasteiger partial charge in [-0.1, -0.05) is 18.2 Å². The van der Waals surface area contributed by atoms with Crippen LogP contribution in [0.4, 0.5) is 4.79 Å². The average molecular weight is 237 g/mol. The number of carbonyl (C=O) groups excluding carboxylic acids is 2. The Balaban J connectivity index is 2.19. The number of nitrogens with one attached hydrogen (secondary N) is 1. The number of hydrogen-bond acceptors (Lipinski definition) is 4. The third-order valence-corrected chi connectivity index (χ3v) is 2.68. The highest BCUT2D eigenvalue weighted by Crippen LogP contribution is 2.22.